The summed E-state index contributed by atoms with van der Waals surface area (Å²) in [5, 5.41) is 12.3. The Kier molecular flexibility index (Phi) is 3.25. The van der Waals surface area contributed by atoms with E-state index in [0.29, 0.717) is 30.4 Å². The summed E-state index contributed by atoms with van der Waals surface area (Å²) in [4.78, 5) is 24.2. The summed E-state index contributed by atoms with van der Waals surface area (Å²) in [5.41, 5.74) is 0.531. The predicted molar refractivity (Wildman–Crippen MR) is 81.4 cm³/mol. The lowest BCUT2D eigenvalue weighted by Gasteiger charge is -2.25. The summed E-state index contributed by atoms with van der Waals surface area (Å²) >= 11 is 0. The normalized spacial score (nSPS) is 30.3. The fourth-order valence-electron chi connectivity index (χ4n) is 3.90. The van der Waals surface area contributed by atoms with Crippen molar-refractivity contribution in [3.05, 3.63) is 30.4 Å². The van der Waals surface area contributed by atoms with Crippen molar-refractivity contribution in [1.82, 2.24) is 0 Å². The molecule has 1 amide bonds. The van der Waals surface area contributed by atoms with E-state index in [4.69, 9.17) is 9.47 Å². The third-order valence-corrected chi connectivity index (χ3v) is 4.87. The minimum Gasteiger partial charge on any atom is -0.486 e. The van der Waals surface area contributed by atoms with Gasteiger partial charge in [0.05, 0.1) is 17.5 Å². The summed E-state index contributed by atoms with van der Waals surface area (Å²) in [7, 11) is 0. The molecule has 1 aromatic carbocycles. The number of benzene rings is 1. The highest BCUT2D eigenvalue weighted by atomic mass is 16.6. The molecular weight excluding hydrogens is 298 g/mol. The monoisotopic (exact) mass is 315 g/mol. The van der Waals surface area contributed by atoms with Crippen LogP contribution in [-0.2, 0) is 9.59 Å². The van der Waals surface area contributed by atoms with Crippen LogP contribution < -0.4 is 14.8 Å². The zero-order chi connectivity index (χ0) is 16.0. The first-order valence-corrected chi connectivity index (χ1v) is 7.76. The van der Waals surface area contributed by atoms with Crippen LogP contribution in [0.2, 0.25) is 0 Å². The summed E-state index contributed by atoms with van der Waals surface area (Å²) in [6.45, 7) is 0.900. The van der Waals surface area contributed by atoms with Crippen LogP contribution in [0.25, 0.3) is 0 Å². The highest BCUT2D eigenvalue weighted by Crippen LogP contribution is 2.49. The third kappa shape index (κ3) is 2.25. The van der Waals surface area contributed by atoms with Crippen LogP contribution in [0.1, 0.15) is 6.42 Å². The van der Waals surface area contributed by atoms with E-state index in [2.05, 4.69) is 5.32 Å². The van der Waals surface area contributed by atoms with Gasteiger partial charge in [-0.25, -0.2) is 0 Å². The van der Waals surface area contributed by atoms with Gasteiger partial charge < -0.3 is 19.9 Å². The van der Waals surface area contributed by atoms with Crippen LogP contribution in [0.5, 0.6) is 11.5 Å². The van der Waals surface area contributed by atoms with Crippen molar-refractivity contribution in [3.63, 3.8) is 0 Å². The Morgan fingerprint density at radius 2 is 1.83 bits per heavy atom. The highest BCUT2D eigenvalue weighted by molar-refractivity contribution is 5.97. The molecule has 6 heteroatoms. The van der Waals surface area contributed by atoms with E-state index in [0.717, 1.165) is 6.42 Å². The Bertz CT molecular complexity index is 698. The van der Waals surface area contributed by atoms with Gasteiger partial charge in [0, 0.05) is 0 Å². The molecule has 6 nitrogen and oxygen atoms in total. The molecule has 1 fully saturated rings. The van der Waals surface area contributed by atoms with Crippen LogP contribution in [0.15, 0.2) is 30.4 Å². The van der Waals surface area contributed by atoms with Gasteiger partial charge in [0.15, 0.2) is 11.5 Å². The predicted octanol–water partition coefficient (Wildman–Crippen LogP) is 1.92. The number of hydrogen-bond acceptors (Lipinski definition) is 4. The van der Waals surface area contributed by atoms with Crippen LogP contribution >= 0.6 is 0 Å². The molecule has 0 radical (unpaired) electrons. The number of allylic oxidation sites excluding steroid dienone is 2. The molecule has 2 bridgehead atoms. The van der Waals surface area contributed by atoms with E-state index in [1.54, 1.807) is 18.2 Å². The highest BCUT2D eigenvalue weighted by Gasteiger charge is 2.51. The van der Waals surface area contributed by atoms with E-state index in [1.165, 1.54) is 0 Å². The summed E-state index contributed by atoms with van der Waals surface area (Å²) in [6.07, 6.45) is 4.63. The SMILES string of the molecule is O=C(O)[C@H]1[C@H](C(=O)Nc2cccc3c2OCCO3)[C@H]2C=C[C@H]1C2. The lowest BCUT2D eigenvalue weighted by molar-refractivity contribution is -0.146. The summed E-state index contributed by atoms with van der Waals surface area (Å²) < 4.78 is 11.1. The molecule has 0 unspecified atom stereocenters. The number of anilines is 1. The van der Waals surface area contributed by atoms with Crippen LogP contribution in [-0.4, -0.2) is 30.2 Å². The zero-order valence-electron chi connectivity index (χ0n) is 12.4. The third-order valence-electron chi connectivity index (χ3n) is 4.87. The Hall–Kier alpha value is -2.50. The van der Waals surface area contributed by atoms with Crippen molar-refractivity contribution in [2.24, 2.45) is 23.7 Å². The number of amides is 1. The number of carboxylic acid groups (broad SMARTS) is 1. The zero-order valence-corrected chi connectivity index (χ0v) is 12.4. The number of ether oxygens (including phenoxy) is 2. The van der Waals surface area contributed by atoms with Crippen molar-refractivity contribution in [2.75, 3.05) is 18.5 Å². The van der Waals surface area contributed by atoms with E-state index in [1.807, 2.05) is 12.2 Å². The molecule has 0 aromatic heterocycles. The molecule has 1 aromatic rings. The number of carboxylic acids is 1. The van der Waals surface area contributed by atoms with Gasteiger partial charge in [-0.15, -0.1) is 0 Å². The molecule has 2 aliphatic carbocycles. The second-order valence-corrected chi connectivity index (χ2v) is 6.16. The molecule has 1 saturated carbocycles. The van der Waals surface area contributed by atoms with Gasteiger partial charge >= 0.3 is 5.97 Å². The van der Waals surface area contributed by atoms with Crippen LogP contribution in [0, 0.1) is 23.7 Å². The first kappa shape index (κ1) is 14.1. The minimum atomic E-state index is -0.906. The summed E-state index contributed by atoms with van der Waals surface area (Å²) in [5.74, 6) is -1.30. The molecule has 0 saturated heterocycles. The fraction of sp³-hybridized carbons (Fsp3) is 0.412. The van der Waals surface area contributed by atoms with Crippen molar-refractivity contribution in [2.45, 2.75) is 6.42 Å². The molecule has 1 heterocycles. The Morgan fingerprint density at radius 1 is 1.09 bits per heavy atom. The number of rotatable bonds is 3. The first-order chi connectivity index (χ1) is 11.1. The van der Waals surface area contributed by atoms with Crippen molar-refractivity contribution in [1.29, 1.82) is 0 Å². The van der Waals surface area contributed by atoms with Gasteiger partial charge in [-0.3, -0.25) is 9.59 Å². The van der Waals surface area contributed by atoms with E-state index in [-0.39, 0.29) is 17.7 Å². The molecule has 2 N–H and O–H groups in total. The average molecular weight is 315 g/mol. The number of carbonyl (C=O) groups excluding carboxylic acids is 1. The largest absolute Gasteiger partial charge is 0.486 e. The fourth-order valence-corrected chi connectivity index (χ4v) is 3.90. The van der Waals surface area contributed by atoms with E-state index in [9.17, 15) is 14.7 Å². The van der Waals surface area contributed by atoms with Crippen molar-refractivity contribution < 1.29 is 24.2 Å². The van der Waals surface area contributed by atoms with Crippen LogP contribution in [0.3, 0.4) is 0 Å². The number of nitrogens with one attached hydrogen (secondary N) is 1. The standard InChI is InChI=1S/C17H17NO5/c19-16(13-9-4-5-10(8-9)14(13)17(20)21)18-11-2-1-3-12-15(11)23-7-6-22-12/h1-5,9-10,13-14H,6-8H2,(H,18,19)(H,20,21)/t9-,10-,13+,14+/m0/s1. The summed E-state index contributed by atoms with van der Waals surface area (Å²) in [6, 6.07) is 5.30. The van der Waals surface area contributed by atoms with Crippen molar-refractivity contribution in [3.8, 4) is 11.5 Å². The van der Waals surface area contributed by atoms with Gasteiger partial charge in [0.25, 0.3) is 0 Å². The number of hydrogen-bond donors (Lipinski definition) is 2. The second kappa shape index (κ2) is 5.30. The molecule has 0 spiro atoms. The van der Waals surface area contributed by atoms with Gasteiger partial charge in [-0.2, -0.15) is 0 Å². The number of para-hydroxylation sites is 1. The number of aliphatic carboxylic acids is 1. The minimum absolute atomic E-state index is 0.00203. The molecule has 3 aliphatic rings. The second-order valence-electron chi connectivity index (χ2n) is 6.16. The van der Waals surface area contributed by atoms with Crippen LogP contribution in [0.4, 0.5) is 5.69 Å². The number of carbonyl (C=O) groups is 2. The quantitative estimate of drug-likeness (QED) is 0.832. The smallest absolute Gasteiger partial charge is 0.307 e. The van der Waals surface area contributed by atoms with Gasteiger partial charge in [-0.1, -0.05) is 18.2 Å². The van der Waals surface area contributed by atoms with Crippen molar-refractivity contribution >= 4 is 17.6 Å². The Labute approximate surface area is 133 Å². The molecule has 23 heavy (non-hydrogen) atoms. The number of fused-ring (bicyclic) bond motifs is 3. The molecule has 4 atom stereocenters. The van der Waals surface area contributed by atoms with Gasteiger partial charge in [-0.05, 0) is 30.4 Å². The maximum absolute atomic E-state index is 12.7. The maximum Gasteiger partial charge on any atom is 0.307 e. The lowest BCUT2D eigenvalue weighted by Crippen LogP contribution is -2.36. The first-order valence-electron chi connectivity index (χ1n) is 7.76. The molecular formula is C17H17NO5. The van der Waals surface area contributed by atoms with Gasteiger partial charge in [0.2, 0.25) is 5.91 Å². The lowest BCUT2D eigenvalue weighted by atomic mass is 9.82. The molecule has 4 rings (SSSR count). The topological polar surface area (TPSA) is 84.9 Å². The Morgan fingerprint density at radius 3 is 2.61 bits per heavy atom. The Balaban J connectivity index is 1.59. The average Bonchev–Trinajstić information content (AvgIpc) is 3.16. The molecule has 1 aliphatic heterocycles. The van der Waals surface area contributed by atoms with E-state index >= 15 is 0 Å². The van der Waals surface area contributed by atoms with E-state index < -0.39 is 17.8 Å². The molecule has 120 valence electrons. The maximum atomic E-state index is 12.7. The van der Waals surface area contributed by atoms with Gasteiger partial charge in [0.1, 0.15) is 13.2 Å².